The van der Waals surface area contributed by atoms with E-state index in [1.165, 1.54) is 5.56 Å². The van der Waals surface area contributed by atoms with Crippen LogP contribution in [-0.2, 0) is 4.79 Å². The number of aromatic nitrogens is 4. The molecule has 0 saturated carbocycles. The second-order valence-electron chi connectivity index (χ2n) is 8.14. The number of H-pyrrole nitrogens is 1. The van der Waals surface area contributed by atoms with Crippen molar-refractivity contribution >= 4 is 11.6 Å². The number of carbonyl (C=O) groups is 1. The van der Waals surface area contributed by atoms with Crippen molar-refractivity contribution in [1.29, 1.82) is 0 Å². The van der Waals surface area contributed by atoms with Crippen molar-refractivity contribution in [2.24, 2.45) is 0 Å². The number of benzene rings is 2. The molecule has 2 aromatic carbocycles. The minimum absolute atomic E-state index is 0.0827. The van der Waals surface area contributed by atoms with Gasteiger partial charge in [0.1, 0.15) is 5.69 Å². The Morgan fingerprint density at radius 2 is 1.81 bits per heavy atom. The zero-order chi connectivity index (χ0) is 21.5. The van der Waals surface area contributed by atoms with Crippen molar-refractivity contribution < 1.29 is 9.32 Å². The van der Waals surface area contributed by atoms with Crippen molar-refractivity contribution in [3.63, 3.8) is 0 Å². The number of nitrogens with zero attached hydrogens (tertiary/aromatic N) is 4. The van der Waals surface area contributed by atoms with Gasteiger partial charge < -0.3 is 9.42 Å². The van der Waals surface area contributed by atoms with E-state index in [4.69, 9.17) is 4.52 Å². The molecule has 5 rings (SSSR count). The summed E-state index contributed by atoms with van der Waals surface area (Å²) in [7, 11) is 0. The van der Waals surface area contributed by atoms with E-state index in [1.54, 1.807) is 0 Å². The zero-order valence-electron chi connectivity index (χ0n) is 17.7. The van der Waals surface area contributed by atoms with Crippen molar-refractivity contribution in [1.82, 2.24) is 20.3 Å². The van der Waals surface area contributed by atoms with Crippen LogP contribution >= 0.6 is 0 Å². The minimum Gasteiger partial charge on any atom is -0.332 e. The van der Waals surface area contributed by atoms with Crippen LogP contribution in [0.25, 0.3) is 22.8 Å². The molecule has 1 amide bonds. The molecule has 3 heterocycles. The highest BCUT2D eigenvalue weighted by atomic mass is 16.5. The Hall–Kier alpha value is -3.74. The monoisotopic (exact) mass is 413 g/mol. The summed E-state index contributed by atoms with van der Waals surface area (Å²) in [4.78, 5) is 19.2. The molecule has 1 fully saturated rings. The summed E-state index contributed by atoms with van der Waals surface area (Å²) in [6, 6.07) is 16.0. The standard InChI is InChI=1S/C24H23N5O2/c1-14-9-15(2)22(16(3)10-14)29-13-18(11-21(29)30)23-25-24(31-28-23)20-12-19(26-27-20)17-7-5-4-6-8-17/h4-10,12,18H,11,13H2,1-3H3,(H,26,27). The van der Waals surface area contributed by atoms with Gasteiger partial charge in [-0.1, -0.05) is 53.2 Å². The first-order valence-corrected chi connectivity index (χ1v) is 10.3. The van der Waals surface area contributed by atoms with E-state index in [1.807, 2.05) is 55.1 Å². The maximum Gasteiger partial charge on any atom is 0.275 e. The van der Waals surface area contributed by atoms with Crippen LogP contribution in [0.5, 0.6) is 0 Å². The van der Waals surface area contributed by atoms with E-state index in [9.17, 15) is 4.79 Å². The Kier molecular flexibility index (Phi) is 4.66. The number of hydrogen-bond donors (Lipinski definition) is 1. The molecular weight excluding hydrogens is 390 g/mol. The van der Waals surface area contributed by atoms with Gasteiger partial charge in [0.05, 0.1) is 5.69 Å². The topological polar surface area (TPSA) is 87.9 Å². The van der Waals surface area contributed by atoms with Gasteiger partial charge in [-0.15, -0.1) is 0 Å². The number of nitrogens with one attached hydrogen (secondary N) is 1. The minimum atomic E-state index is -0.110. The number of hydrogen-bond acceptors (Lipinski definition) is 5. The van der Waals surface area contributed by atoms with Gasteiger partial charge in [0.25, 0.3) is 5.89 Å². The normalized spacial score (nSPS) is 16.3. The number of carbonyl (C=O) groups excluding carboxylic acids is 1. The highest BCUT2D eigenvalue weighted by Gasteiger charge is 2.36. The van der Waals surface area contributed by atoms with Gasteiger partial charge >= 0.3 is 0 Å². The number of amides is 1. The first-order chi connectivity index (χ1) is 15.0. The molecule has 7 nitrogen and oxygen atoms in total. The van der Waals surface area contributed by atoms with Gasteiger partial charge in [-0.05, 0) is 38.0 Å². The van der Waals surface area contributed by atoms with Gasteiger partial charge in [-0.25, -0.2) is 0 Å². The quantitative estimate of drug-likeness (QED) is 0.529. The third kappa shape index (κ3) is 3.52. The Bertz CT molecular complexity index is 1230. The molecule has 7 heteroatoms. The molecule has 1 unspecified atom stereocenters. The van der Waals surface area contributed by atoms with Crippen LogP contribution in [0, 0.1) is 20.8 Å². The molecule has 2 aromatic heterocycles. The molecule has 1 aliphatic rings. The molecule has 1 saturated heterocycles. The average Bonchev–Trinajstić information content (AvgIpc) is 3.47. The second-order valence-corrected chi connectivity index (χ2v) is 8.14. The van der Waals surface area contributed by atoms with Crippen LogP contribution in [0.3, 0.4) is 0 Å². The van der Waals surface area contributed by atoms with Crippen LogP contribution in [0.4, 0.5) is 5.69 Å². The molecule has 1 atom stereocenters. The second kappa shape index (κ2) is 7.50. The molecule has 0 bridgehead atoms. The molecule has 1 aliphatic heterocycles. The van der Waals surface area contributed by atoms with Crippen LogP contribution in [0.2, 0.25) is 0 Å². The number of anilines is 1. The van der Waals surface area contributed by atoms with Crippen molar-refractivity contribution in [2.75, 3.05) is 11.4 Å². The maximum atomic E-state index is 12.8. The molecule has 156 valence electrons. The molecule has 31 heavy (non-hydrogen) atoms. The first kappa shape index (κ1) is 19.2. The molecule has 0 aliphatic carbocycles. The van der Waals surface area contributed by atoms with E-state index >= 15 is 0 Å². The van der Waals surface area contributed by atoms with Gasteiger partial charge in [0, 0.05) is 30.1 Å². The Labute approximate surface area is 180 Å². The molecular formula is C24H23N5O2. The summed E-state index contributed by atoms with van der Waals surface area (Å²) in [5.74, 6) is 0.892. The number of aromatic amines is 1. The van der Waals surface area contributed by atoms with Crippen molar-refractivity contribution in [3.8, 4) is 22.8 Å². The highest BCUT2D eigenvalue weighted by Crippen LogP contribution is 2.35. The summed E-state index contributed by atoms with van der Waals surface area (Å²) in [6.45, 7) is 6.70. The van der Waals surface area contributed by atoms with E-state index < -0.39 is 0 Å². The summed E-state index contributed by atoms with van der Waals surface area (Å²) in [5, 5.41) is 11.5. The highest BCUT2D eigenvalue weighted by molar-refractivity contribution is 5.97. The van der Waals surface area contributed by atoms with E-state index in [0.717, 1.165) is 28.1 Å². The lowest BCUT2D eigenvalue weighted by atomic mass is 10.0. The van der Waals surface area contributed by atoms with Crippen LogP contribution < -0.4 is 4.90 Å². The van der Waals surface area contributed by atoms with E-state index in [-0.39, 0.29) is 11.8 Å². The fourth-order valence-corrected chi connectivity index (χ4v) is 4.39. The largest absolute Gasteiger partial charge is 0.332 e. The maximum absolute atomic E-state index is 12.8. The lowest BCUT2D eigenvalue weighted by molar-refractivity contribution is -0.117. The molecule has 4 aromatic rings. The predicted octanol–water partition coefficient (Wildman–Crippen LogP) is 4.57. The third-order valence-corrected chi connectivity index (χ3v) is 5.72. The van der Waals surface area contributed by atoms with Crippen LogP contribution in [-0.4, -0.2) is 32.8 Å². The predicted molar refractivity (Wildman–Crippen MR) is 118 cm³/mol. The van der Waals surface area contributed by atoms with Gasteiger partial charge in [-0.3, -0.25) is 9.89 Å². The van der Waals surface area contributed by atoms with Gasteiger partial charge in [0.2, 0.25) is 5.91 Å². The van der Waals surface area contributed by atoms with Gasteiger partial charge in [0.15, 0.2) is 5.82 Å². The average molecular weight is 413 g/mol. The lowest BCUT2D eigenvalue weighted by Gasteiger charge is -2.22. The SMILES string of the molecule is Cc1cc(C)c(N2CC(c3noc(-c4cc(-c5ccccc5)n[nH]4)n3)CC2=O)c(C)c1. The molecule has 0 spiro atoms. The first-order valence-electron chi connectivity index (χ1n) is 10.3. The summed E-state index contributed by atoms with van der Waals surface area (Å²) in [6.07, 6.45) is 0.365. The van der Waals surface area contributed by atoms with Crippen LogP contribution in [0.1, 0.15) is 34.9 Å². The van der Waals surface area contributed by atoms with E-state index in [0.29, 0.717) is 30.4 Å². The van der Waals surface area contributed by atoms with Gasteiger partial charge in [-0.2, -0.15) is 10.1 Å². The van der Waals surface area contributed by atoms with Crippen molar-refractivity contribution in [2.45, 2.75) is 33.1 Å². The fourth-order valence-electron chi connectivity index (χ4n) is 4.39. The number of rotatable bonds is 4. The Morgan fingerprint density at radius 1 is 1.06 bits per heavy atom. The summed E-state index contributed by atoms with van der Waals surface area (Å²) >= 11 is 0. The fraction of sp³-hybridized carbons (Fsp3) is 0.250. The Morgan fingerprint density at radius 3 is 2.55 bits per heavy atom. The van der Waals surface area contributed by atoms with Crippen LogP contribution in [0.15, 0.2) is 53.1 Å². The third-order valence-electron chi connectivity index (χ3n) is 5.72. The zero-order valence-corrected chi connectivity index (χ0v) is 17.7. The van der Waals surface area contributed by atoms with E-state index in [2.05, 4.69) is 39.4 Å². The lowest BCUT2D eigenvalue weighted by Crippen LogP contribution is -2.26. The number of aryl methyl sites for hydroxylation is 3. The summed E-state index contributed by atoms with van der Waals surface area (Å²) < 4.78 is 5.49. The smallest absolute Gasteiger partial charge is 0.275 e. The summed E-state index contributed by atoms with van der Waals surface area (Å²) in [5.41, 5.74) is 6.86. The Balaban J connectivity index is 1.38. The molecule has 0 radical (unpaired) electrons. The molecule has 1 N–H and O–H groups in total. The van der Waals surface area contributed by atoms with Crippen molar-refractivity contribution in [3.05, 3.63) is 71.0 Å².